The number of hydrogen-bond acceptors (Lipinski definition) is 0. The van der Waals surface area contributed by atoms with Crippen LogP contribution in [0.1, 0.15) is 49.9 Å². The normalized spacial score (nSPS) is 17.1. The minimum absolute atomic E-state index is 0.0532. The predicted octanol–water partition coefficient (Wildman–Crippen LogP) is 7.45. The summed E-state index contributed by atoms with van der Waals surface area (Å²) in [6, 6.07) is 27.5. The van der Waals surface area contributed by atoms with E-state index in [1.165, 1.54) is 55.3 Å². The van der Waals surface area contributed by atoms with Crippen LogP contribution in [0.5, 0.6) is 0 Å². The van der Waals surface area contributed by atoms with Crippen LogP contribution in [0.4, 0.5) is 0 Å². The van der Waals surface area contributed by atoms with Crippen LogP contribution in [0.3, 0.4) is 0 Å². The average Bonchev–Trinajstić information content (AvgIpc) is 3.05. The molecule has 136 valence electrons. The van der Waals surface area contributed by atoms with E-state index in [2.05, 4.69) is 100 Å². The summed E-state index contributed by atoms with van der Waals surface area (Å²) in [6.07, 6.45) is 0. The number of fused-ring (bicyclic) bond motifs is 7. The van der Waals surface area contributed by atoms with Gasteiger partial charge in [-0.1, -0.05) is 76.2 Å². The molecule has 6 rings (SSSR count). The third-order valence-electron chi connectivity index (χ3n) is 7.24. The van der Waals surface area contributed by atoms with Gasteiger partial charge >= 0.3 is 0 Å². The lowest BCUT2D eigenvalue weighted by molar-refractivity contribution is 0.659. The molecule has 4 aromatic carbocycles. The zero-order valence-electron chi connectivity index (χ0n) is 16.9. The lowest BCUT2D eigenvalue weighted by atomic mass is 9.80. The molecular weight excluding hydrogens is 336 g/mol. The van der Waals surface area contributed by atoms with Crippen LogP contribution in [0.15, 0.2) is 72.8 Å². The average molecular weight is 361 g/mol. The Hall–Kier alpha value is -2.86. The van der Waals surface area contributed by atoms with Crippen LogP contribution in [-0.2, 0) is 10.8 Å². The molecule has 0 atom stereocenters. The molecular formula is C28H24. The Kier molecular flexibility index (Phi) is 2.85. The van der Waals surface area contributed by atoms with Gasteiger partial charge in [0.2, 0.25) is 0 Å². The largest absolute Gasteiger partial charge is 0.0619 e. The quantitative estimate of drug-likeness (QED) is 0.305. The summed E-state index contributed by atoms with van der Waals surface area (Å²) < 4.78 is 0. The fourth-order valence-electron chi connectivity index (χ4n) is 5.65. The van der Waals surface area contributed by atoms with Gasteiger partial charge in [0.05, 0.1) is 0 Å². The van der Waals surface area contributed by atoms with Crippen LogP contribution >= 0.6 is 0 Å². The maximum Gasteiger partial charge on any atom is 0.0159 e. The molecule has 4 aromatic rings. The summed E-state index contributed by atoms with van der Waals surface area (Å²) in [5.74, 6) is 0. The molecule has 0 saturated heterocycles. The first-order valence-electron chi connectivity index (χ1n) is 10.2. The van der Waals surface area contributed by atoms with Gasteiger partial charge in [-0.2, -0.15) is 0 Å². The molecule has 0 radical (unpaired) electrons. The lowest BCUT2D eigenvalue weighted by Gasteiger charge is -2.23. The molecule has 0 unspecified atom stereocenters. The Bertz CT molecular complexity index is 1200. The van der Waals surface area contributed by atoms with E-state index in [-0.39, 0.29) is 10.8 Å². The molecule has 0 spiro atoms. The molecule has 0 N–H and O–H groups in total. The Labute approximate surface area is 166 Å². The van der Waals surface area contributed by atoms with Gasteiger partial charge in [0, 0.05) is 10.8 Å². The zero-order valence-corrected chi connectivity index (χ0v) is 16.9. The molecule has 0 heterocycles. The molecule has 28 heavy (non-hydrogen) atoms. The third-order valence-corrected chi connectivity index (χ3v) is 7.24. The highest BCUT2D eigenvalue weighted by atomic mass is 14.4. The second-order valence-corrected chi connectivity index (χ2v) is 9.48. The van der Waals surface area contributed by atoms with Crippen molar-refractivity contribution in [2.75, 3.05) is 0 Å². The maximum absolute atomic E-state index is 2.45. The van der Waals surface area contributed by atoms with Crippen LogP contribution in [0, 0.1) is 0 Å². The maximum atomic E-state index is 2.45. The summed E-state index contributed by atoms with van der Waals surface area (Å²) >= 11 is 0. The van der Waals surface area contributed by atoms with Crippen molar-refractivity contribution in [2.24, 2.45) is 0 Å². The second-order valence-electron chi connectivity index (χ2n) is 9.48. The van der Waals surface area contributed by atoms with Gasteiger partial charge in [-0.3, -0.25) is 0 Å². The van der Waals surface area contributed by atoms with Gasteiger partial charge in [-0.25, -0.2) is 0 Å². The van der Waals surface area contributed by atoms with E-state index in [0.29, 0.717) is 0 Å². The smallest absolute Gasteiger partial charge is 0.0159 e. The Balaban J connectivity index is 1.69. The standard InChI is InChI=1S/C28H24/c1-27(2)23-11-7-5-9-19(23)21-13-17-14-22-20-10-6-8-12-24(20)28(3,4)26(22)16-18(17)15-25(21)27/h5-16H,1-4H3. The predicted molar refractivity (Wildman–Crippen MR) is 119 cm³/mol. The van der Waals surface area contributed by atoms with Crippen molar-refractivity contribution in [1.82, 2.24) is 0 Å². The van der Waals surface area contributed by atoms with E-state index in [9.17, 15) is 0 Å². The summed E-state index contributed by atoms with van der Waals surface area (Å²) in [6.45, 7) is 9.43. The molecule has 2 aliphatic rings. The van der Waals surface area contributed by atoms with Crippen LogP contribution in [0.25, 0.3) is 33.0 Å². The molecule has 0 nitrogen and oxygen atoms in total. The van der Waals surface area contributed by atoms with Crippen molar-refractivity contribution < 1.29 is 0 Å². The molecule has 0 aliphatic heterocycles. The first kappa shape index (κ1) is 16.1. The second kappa shape index (κ2) is 4.94. The monoisotopic (exact) mass is 360 g/mol. The summed E-state index contributed by atoms with van der Waals surface area (Å²) in [4.78, 5) is 0. The molecule has 0 saturated carbocycles. The number of rotatable bonds is 0. The number of hydrogen-bond donors (Lipinski definition) is 0. The van der Waals surface area contributed by atoms with Crippen molar-refractivity contribution in [1.29, 1.82) is 0 Å². The summed E-state index contributed by atoms with van der Waals surface area (Å²) in [5, 5.41) is 2.71. The van der Waals surface area contributed by atoms with Gasteiger partial charge in [0.15, 0.2) is 0 Å². The van der Waals surface area contributed by atoms with E-state index in [1.54, 1.807) is 0 Å². The Morgan fingerprint density at radius 3 is 1.29 bits per heavy atom. The molecule has 0 bridgehead atoms. The molecule has 0 heteroatoms. The summed E-state index contributed by atoms with van der Waals surface area (Å²) in [7, 11) is 0. The summed E-state index contributed by atoms with van der Waals surface area (Å²) in [5.41, 5.74) is 11.5. The van der Waals surface area contributed by atoms with E-state index >= 15 is 0 Å². The van der Waals surface area contributed by atoms with Crippen LogP contribution in [-0.4, -0.2) is 0 Å². The minimum atomic E-state index is 0.0532. The van der Waals surface area contributed by atoms with Crippen LogP contribution < -0.4 is 0 Å². The van der Waals surface area contributed by atoms with Gasteiger partial charge < -0.3 is 0 Å². The van der Waals surface area contributed by atoms with Gasteiger partial charge in [0.1, 0.15) is 0 Å². The van der Waals surface area contributed by atoms with Crippen molar-refractivity contribution in [3.05, 3.63) is 95.1 Å². The third kappa shape index (κ3) is 1.81. The van der Waals surface area contributed by atoms with Crippen molar-refractivity contribution in [2.45, 2.75) is 38.5 Å². The van der Waals surface area contributed by atoms with E-state index in [4.69, 9.17) is 0 Å². The van der Waals surface area contributed by atoms with E-state index < -0.39 is 0 Å². The zero-order chi connectivity index (χ0) is 19.3. The molecule has 0 amide bonds. The fraction of sp³-hybridized carbons (Fsp3) is 0.214. The topological polar surface area (TPSA) is 0 Å². The van der Waals surface area contributed by atoms with Gasteiger partial charge in [0.25, 0.3) is 0 Å². The van der Waals surface area contributed by atoms with Crippen molar-refractivity contribution >= 4 is 10.8 Å². The highest BCUT2D eigenvalue weighted by Crippen LogP contribution is 2.53. The van der Waals surface area contributed by atoms with Crippen LogP contribution in [0.2, 0.25) is 0 Å². The Morgan fingerprint density at radius 2 is 0.821 bits per heavy atom. The first-order chi connectivity index (χ1) is 13.4. The van der Waals surface area contributed by atoms with E-state index in [0.717, 1.165) is 0 Å². The van der Waals surface area contributed by atoms with Crippen molar-refractivity contribution in [3.63, 3.8) is 0 Å². The highest BCUT2D eigenvalue weighted by Gasteiger charge is 2.37. The van der Waals surface area contributed by atoms with E-state index in [1.807, 2.05) is 0 Å². The highest BCUT2D eigenvalue weighted by molar-refractivity contribution is 5.98. The molecule has 2 aliphatic carbocycles. The Morgan fingerprint density at radius 1 is 0.429 bits per heavy atom. The lowest BCUT2D eigenvalue weighted by Crippen LogP contribution is -2.15. The molecule has 0 fully saturated rings. The SMILES string of the molecule is CC1(C)c2ccccc2-c2cc3cc4c(cc3cc21)C(C)(C)c1ccccc1-4. The van der Waals surface area contributed by atoms with Gasteiger partial charge in [-0.05, 0) is 79.5 Å². The first-order valence-corrected chi connectivity index (χ1v) is 10.2. The molecule has 0 aromatic heterocycles. The minimum Gasteiger partial charge on any atom is -0.0619 e. The van der Waals surface area contributed by atoms with Crippen molar-refractivity contribution in [3.8, 4) is 22.3 Å². The fourth-order valence-corrected chi connectivity index (χ4v) is 5.65. The number of benzene rings is 4. The van der Waals surface area contributed by atoms with Gasteiger partial charge in [-0.15, -0.1) is 0 Å².